The summed E-state index contributed by atoms with van der Waals surface area (Å²) in [7, 11) is 0. The number of carboxylic acids is 1. The summed E-state index contributed by atoms with van der Waals surface area (Å²) >= 11 is 0. The molecule has 0 aromatic rings. The van der Waals surface area contributed by atoms with Crippen LogP contribution in [-0.4, -0.2) is 33.5 Å². The molecule has 4 saturated carbocycles. The lowest BCUT2D eigenvalue weighted by Crippen LogP contribution is -2.62. The van der Waals surface area contributed by atoms with E-state index in [2.05, 4.69) is 20.8 Å². The molecule has 4 aliphatic rings. The highest BCUT2D eigenvalue weighted by molar-refractivity contribution is 5.66. The highest BCUT2D eigenvalue weighted by Gasteiger charge is 2.64. The smallest absolute Gasteiger partial charge is 0.303 e. The summed E-state index contributed by atoms with van der Waals surface area (Å²) in [6.45, 7) is 4.79. The third kappa shape index (κ3) is 3.36. The van der Waals surface area contributed by atoms with E-state index in [1.165, 1.54) is 0 Å². The van der Waals surface area contributed by atoms with Gasteiger partial charge in [-0.25, -0.2) is 0 Å². The average molecular weight is 424 g/mol. The molecule has 3 N–H and O–H groups in total. The Hall–Kier alpha value is -0.610. The first-order valence-electron chi connectivity index (χ1n) is 13.9. The van der Waals surface area contributed by atoms with E-state index >= 15 is 0 Å². The Bertz CT molecular complexity index is 742. The quantitative estimate of drug-likeness (QED) is 0.574. The minimum absolute atomic E-state index is 0.0201. The van der Waals surface area contributed by atoms with Crippen molar-refractivity contribution in [1.82, 2.24) is 0 Å². The van der Waals surface area contributed by atoms with Gasteiger partial charge in [0, 0.05) is 10.5 Å². The molecule has 0 saturated heterocycles. The summed E-state index contributed by atoms with van der Waals surface area (Å²) in [6.07, 6.45) is 6.41. The Kier molecular flexibility index (Phi) is 5.08. The molecular weight excluding hydrogens is 376 g/mol. The molecule has 0 amide bonds. The van der Waals surface area contributed by atoms with Gasteiger partial charge in [-0.2, -0.15) is 0 Å². The van der Waals surface area contributed by atoms with Crippen molar-refractivity contribution in [3.05, 3.63) is 0 Å². The maximum Gasteiger partial charge on any atom is 0.303 e. The first-order chi connectivity index (χ1) is 15.3. The van der Waals surface area contributed by atoms with Crippen LogP contribution in [-0.2, 0) is 4.79 Å². The first kappa shape index (κ1) is 18.9. The molecule has 0 spiro atoms. The first-order valence-corrected chi connectivity index (χ1v) is 12.4. The van der Waals surface area contributed by atoms with Crippen LogP contribution in [0.3, 0.4) is 0 Å². The summed E-state index contributed by atoms with van der Waals surface area (Å²) in [5, 5.41) is 31.5. The Morgan fingerprint density at radius 3 is 2.47 bits per heavy atom. The van der Waals surface area contributed by atoms with Gasteiger partial charge < -0.3 is 15.3 Å². The van der Waals surface area contributed by atoms with E-state index in [9.17, 15) is 20.1 Å². The fourth-order valence-electron chi connectivity index (χ4n) is 9.22. The van der Waals surface area contributed by atoms with E-state index in [0.29, 0.717) is 36.5 Å². The van der Waals surface area contributed by atoms with Crippen LogP contribution in [0.2, 0.25) is 0 Å². The predicted octanol–water partition coefficient (Wildman–Crippen LogP) is 5.11. The molecule has 11 atom stereocenters. The molecule has 0 aromatic carbocycles. The van der Waals surface area contributed by atoms with Crippen molar-refractivity contribution in [2.24, 2.45) is 52.3 Å². The predicted molar refractivity (Wildman–Crippen MR) is 118 cm³/mol. The number of hydrogen-bond donors (Lipinski definition) is 3. The SMILES string of the molecule is [2H]C([2H])([2H])C[C@H]1[C@@H](O)C2C3CCC([C@H](C)CCC(=O)O)[C@@]3(C)CCC2[C@@]2(C)CC[C@@H](O)C[C@@H]12. The molecule has 0 radical (unpaired) electrons. The van der Waals surface area contributed by atoms with Gasteiger partial charge in [-0.15, -0.1) is 0 Å². The largest absolute Gasteiger partial charge is 0.481 e. The van der Waals surface area contributed by atoms with Crippen molar-refractivity contribution in [3.8, 4) is 0 Å². The number of aliphatic carboxylic acids is 1. The molecule has 30 heavy (non-hydrogen) atoms. The number of aliphatic hydroxyl groups is 2. The molecule has 0 bridgehead atoms. The van der Waals surface area contributed by atoms with Crippen molar-refractivity contribution in [2.75, 3.05) is 0 Å². The van der Waals surface area contributed by atoms with Crippen molar-refractivity contribution < 1.29 is 24.2 Å². The van der Waals surface area contributed by atoms with E-state index in [1.54, 1.807) is 0 Å². The summed E-state index contributed by atoms with van der Waals surface area (Å²) < 4.78 is 23.9. The lowest BCUT2D eigenvalue weighted by molar-refractivity contribution is -0.203. The third-order valence-electron chi connectivity index (χ3n) is 10.7. The summed E-state index contributed by atoms with van der Waals surface area (Å²) in [6, 6.07) is 0. The van der Waals surface area contributed by atoms with E-state index in [4.69, 9.17) is 4.11 Å². The number of rotatable bonds is 5. The molecular formula is C26H44O4. The summed E-state index contributed by atoms with van der Waals surface area (Å²) in [5.74, 6) is 0.618. The van der Waals surface area contributed by atoms with E-state index in [1.807, 2.05) is 0 Å². The standard InChI is InChI=1S/C26H44O4/c1-5-17-21-14-16(27)10-12-26(21,4)20-11-13-25(3)18(15(2)6-9-22(28)29)7-8-19(25)23(20)24(17)30/h15-21,23-24,27,30H,5-14H2,1-4H3,(H,28,29)/t15-,16-,17-,18?,19?,20?,21+,23?,24-,25-,26-/m1/s1/i1D3. The molecule has 0 heterocycles. The Morgan fingerprint density at radius 2 is 1.77 bits per heavy atom. The van der Waals surface area contributed by atoms with E-state index in [-0.39, 0.29) is 41.4 Å². The Balaban J connectivity index is 1.65. The molecule has 0 aliphatic heterocycles. The van der Waals surface area contributed by atoms with Crippen molar-refractivity contribution in [2.45, 2.75) is 104 Å². The van der Waals surface area contributed by atoms with Crippen molar-refractivity contribution in [3.63, 3.8) is 0 Å². The maximum atomic E-state index is 11.8. The lowest BCUT2D eigenvalue weighted by atomic mass is 9.41. The molecule has 4 unspecified atom stereocenters. The lowest BCUT2D eigenvalue weighted by Gasteiger charge is -2.64. The van der Waals surface area contributed by atoms with Crippen LogP contribution in [0.15, 0.2) is 0 Å². The number of hydrogen-bond acceptors (Lipinski definition) is 3. The van der Waals surface area contributed by atoms with Crippen molar-refractivity contribution >= 4 is 5.97 Å². The van der Waals surface area contributed by atoms with Gasteiger partial charge in [0.1, 0.15) is 0 Å². The van der Waals surface area contributed by atoms with Crippen LogP contribution >= 0.6 is 0 Å². The molecule has 0 aromatic heterocycles. The minimum Gasteiger partial charge on any atom is -0.481 e. The highest BCUT2D eigenvalue weighted by Crippen LogP contribution is 2.69. The summed E-state index contributed by atoms with van der Waals surface area (Å²) in [4.78, 5) is 11.2. The van der Waals surface area contributed by atoms with Gasteiger partial charge in [-0.1, -0.05) is 34.0 Å². The average Bonchev–Trinajstić information content (AvgIpc) is 3.06. The second kappa shape index (κ2) is 8.06. The van der Waals surface area contributed by atoms with Gasteiger partial charge in [0.15, 0.2) is 0 Å². The number of aliphatic hydroxyl groups excluding tert-OH is 2. The van der Waals surface area contributed by atoms with Gasteiger partial charge in [0.25, 0.3) is 0 Å². The zero-order valence-corrected chi connectivity index (χ0v) is 19.0. The van der Waals surface area contributed by atoms with E-state index in [0.717, 1.165) is 38.5 Å². The molecule has 4 nitrogen and oxygen atoms in total. The highest BCUT2D eigenvalue weighted by atomic mass is 16.4. The van der Waals surface area contributed by atoms with Gasteiger partial charge >= 0.3 is 5.97 Å². The third-order valence-corrected chi connectivity index (χ3v) is 10.7. The molecule has 172 valence electrons. The fourth-order valence-corrected chi connectivity index (χ4v) is 9.22. The second-order valence-corrected chi connectivity index (χ2v) is 11.8. The zero-order valence-electron chi connectivity index (χ0n) is 22.0. The number of carboxylic acid groups (broad SMARTS) is 1. The molecule has 4 heteroatoms. The minimum atomic E-state index is -2.09. The van der Waals surface area contributed by atoms with Crippen LogP contribution in [0.5, 0.6) is 0 Å². The van der Waals surface area contributed by atoms with Crippen LogP contribution < -0.4 is 0 Å². The van der Waals surface area contributed by atoms with Crippen LogP contribution in [0.4, 0.5) is 0 Å². The molecule has 4 fully saturated rings. The number of fused-ring (bicyclic) bond motifs is 5. The van der Waals surface area contributed by atoms with Crippen molar-refractivity contribution in [1.29, 1.82) is 0 Å². The normalized spacial score (nSPS) is 53.4. The van der Waals surface area contributed by atoms with Crippen LogP contribution in [0.25, 0.3) is 0 Å². The van der Waals surface area contributed by atoms with Gasteiger partial charge in [0.05, 0.1) is 12.2 Å². The Morgan fingerprint density at radius 1 is 1.07 bits per heavy atom. The fraction of sp³-hybridized carbons (Fsp3) is 0.962. The van der Waals surface area contributed by atoms with E-state index < -0.39 is 25.0 Å². The number of carbonyl (C=O) groups is 1. The van der Waals surface area contributed by atoms with Gasteiger partial charge in [-0.3, -0.25) is 4.79 Å². The monoisotopic (exact) mass is 423 g/mol. The van der Waals surface area contributed by atoms with Gasteiger partial charge in [-0.05, 0) is 104 Å². The second-order valence-electron chi connectivity index (χ2n) is 11.8. The zero-order chi connectivity index (χ0) is 24.3. The molecule has 4 aliphatic carbocycles. The molecule has 4 rings (SSSR count). The van der Waals surface area contributed by atoms with Crippen LogP contribution in [0.1, 0.15) is 95.9 Å². The summed E-state index contributed by atoms with van der Waals surface area (Å²) in [5.41, 5.74) is 0.0371. The van der Waals surface area contributed by atoms with Crippen LogP contribution in [0, 0.1) is 52.3 Å². The maximum absolute atomic E-state index is 11.8. The topological polar surface area (TPSA) is 77.8 Å². The van der Waals surface area contributed by atoms with Gasteiger partial charge in [0.2, 0.25) is 0 Å². The Labute approximate surface area is 187 Å².